The van der Waals surface area contributed by atoms with Gasteiger partial charge in [-0.15, -0.1) is 0 Å². The first-order chi connectivity index (χ1) is 8.92. The topological polar surface area (TPSA) is 44.8 Å². The maximum absolute atomic E-state index is 11.7. The minimum atomic E-state index is -0.415. The molecule has 0 aliphatic rings. The van der Waals surface area contributed by atoms with E-state index in [1.165, 1.54) is 6.92 Å². The molecule has 0 heterocycles. The highest BCUT2D eigenvalue weighted by Gasteiger charge is 2.21. The summed E-state index contributed by atoms with van der Waals surface area (Å²) in [6, 6.07) is 1.78. The standard InChI is InChI=1S/C13H16I2O4/c1-5-18-8(3)19-12-9(7(2)16)6-10(14)13(17-4)11(12)15/h6,8H,5H2,1-4H3. The summed E-state index contributed by atoms with van der Waals surface area (Å²) in [5.74, 6) is 1.19. The molecule has 0 spiro atoms. The Morgan fingerprint density at radius 1 is 1.37 bits per heavy atom. The molecule has 0 saturated carbocycles. The number of methoxy groups -OCH3 is 1. The molecule has 106 valence electrons. The smallest absolute Gasteiger partial charge is 0.197 e. The number of rotatable bonds is 6. The molecule has 1 aromatic carbocycles. The molecule has 0 aromatic heterocycles. The molecule has 0 radical (unpaired) electrons. The van der Waals surface area contributed by atoms with Gasteiger partial charge < -0.3 is 14.2 Å². The van der Waals surface area contributed by atoms with Crippen molar-refractivity contribution < 1.29 is 19.0 Å². The Hall–Kier alpha value is -0.0900. The highest BCUT2D eigenvalue weighted by molar-refractivity contribution is 14.1. The molecule has 0 fully saturated rings. The van der Waals surface area contributed by atoms with Gasteiger partial charge in [-0.2, -0.15) is 0 Å². The van der Waals surface area contributed by atoms with Crippen LogP contribution in [0.3, 0.4) is 0 Å². The Labute approximate surface area is 140 Å². The summed E-state index contributed by atoms with van der Waals surface area (Å²) in [7, 11) is 1.60. The van der Waals surface area contributed by atoms with Crippen molar-refractivity contribution in [1.29, 1.82) is 0 Å². The lowest BCUT2D eigenvalue weighted by molar-refractivity contribution is -0.0620. The van der Waals surface area contributed by atoms with Gasteiger partial charge in [0, 0.05) is 6.61 Å². The third-order valence-corrected chi connectivity index (χ3v) is 4.18. The third-order valence-electron chi connectivity index (χ3n) is 2.40. The fraction of sp³-hybridized carbons (Fsp3) is 0.462. The first kappa shape index (κ1) is 17.0. The molecule has 1 rings (SSSR count). The Bertz CT molecular complexity index is 474. The molecule has 1 aromatic rings. The zero-order valence-electron chi connectivity index (χ0n) is 11.3. The van der Waals surface area contributed by atoms with Gasteiger partial charge in [0.05, 0.1) is 19.8 Å². The predicted octanol–water partition coefficient (Wildman–Crippen LogP) is 3.87. The highest BCUT2D eigenvalue weighted by Crippen LogP contribution is 2.38. The maximum Gasteiger partial charge on any atom is 0.197 e. The number of hydrogen-bond donors (Lipinski definition) is 0. The summed E-state index contributed by atoms with van der Waals surface area (Å²) in [5.41, 5.74) is 0.543. The van der Waals surface area contributed by atoms with Gasteiger partial charge in [0.1, 0.15) is 5.75 Å². The van der Waals surface area contributed by atoms with Gasteiger partial charge in [0.15, 0.2) is 17.8 Å². The second-order valence-corrected chi connectivity index (χ2v) is 6.02. The van der Waals surface area contributed by atoms with Crippen LogP contribution in [0.2, 0.25) is 0 Å². The summed E-state index contributed by atoms with van der Waals surface area (Å²) in [6.07, 6.45) is -0.415. The fourth-order valence-corrected chi connectivity index (χ4v) is 3.83. The quantitative estimate of drug-likeness (QED) is 0.346. The molecule has 0 N–H and O–H groups in total. The molecule has 0 aliphatic carbocycles. The average Bonchev–Trinajstić information content (AvgIpc) is 2.33. The molecule has 0 saturated heterocycles. The number of ether oxygens (including phenoxy) is 3. The van der Waals surface area contributed by atoms with Crippen LogP contribution in [0.5, 0.6) is 11.5 Å². The molecule has 6 heteroatoms. The Kier molecular flexibility index (Phi) is 6.81. The number of carbonyl (C=O) groups excluding carboxylic acids is 1. The molecule has 19 heavy (non-hydrogen) atoms. The number of hydrogen-bond acceptors (Lipinski definition) is 4. The van der Waals surface area contributed by atoms with Crippen molar-refractivity contribution in [2.45, 2.75) is 27.1 Å². The van der Waals surface area contributed by atoms with Crippen LogP contribution >= 0.6 is 45.2 Å². The van der Waals surface area contributed by atoms with Crippen LogP contribution < -0.4 is 9.47 Å². The summed E-state index contributed by atoms with van der Waals surface area (Å²) in [6.45, 7) is 5.76. The predicted molar refractivity (Wildman–Crippen MR) is 90.1 cm³/mol. The molecule has 1 atom stereocenters. The van der Waals surface area contributed by atoms with Gasteiger partial charge in [-0.25, -0.2) is 0 Å². The SMILES string of the molecule is CCOC(C)Oc1c(C(C)=O)cc(I)c(OC)c1I. The van der Waals surface area contributed by atoms with Gasteiger partial charge >= 0.3 is 0 Å². The van der Waals surface area contributed by atoms with Crippen LogP contribution in [-0.2, 0) is 4.74 Å². The number of halogens is 2. The summed E-state index contributed by atoms with van der Waals surface area (Å²) in [5, 5.41) is 0. The molecule has 0 amide bonds. The lowest BCUT2D eigenvalue weighted by Gasteiger charge is -2.19. The second kappa shape index (κ2) is 7.63. The van der Waals surface area contributed by atoms with Crippen LogP contribution in [0.25, 0.3) is 0 Å². The molecule has 0 bridgehead atoms. The zero-order valence-corrected chi connectivity index (χ0v) is 15.6. The van der Waals surface area contributed by atoms with E-state index in [4.69, 9.17) is 14.2 Å². The third kappa shape index (κ3) is 4.19. The number of ketones is 1. The molecule has 4 nitrogen and oxygen atoms in total. The maximum atomic E-state index is 11.7. The normalized spacial score (nSPS) is 12.1. The van der Waals surface area contributed by atoms with Crippen molar-refractivity contribution >= 4 is 51.0 Å². The van der Waals surface area contributed by atoms with E-state index < -0.39 is 6.29 Å². The summed E-state index contributed by atoms with van der Waals surface area (Å²) < 4.78 is 18.1. The highest BCUT2D eigenvalue weighted by atomic mass is 127. The number of carbonyl (C=O) groups is 1. The monoisotopic (exact) mass is 490 g/mol. The summed E-state index contributed by atoms with van der Waals surface area (Å²) >= 11 is 4.27. The first-order valence-electron chi connectivity index (χ1n) is 5.77. The van der Waals surface area contributed by atoms with Crippen molar-refractivity contribution in [3.8, 4) is 11.5 Å². The van der Waals surface area contributed by atoms with Crippen LogP contribution in [0.1, 0.15) is 31.1 Å². The molecule has 1 unspecified atom stereocenters. The van der Waals surface area contributed by atoms with Crippen molar-refractivity contribution in [2.75, 3.05) is 13.7 Å². The van der Waals surface area contributed by atoms with E-state index in [0.29, 0.717) is 23.7 Å². The van der Waals surface area contributed by atoms with E-state index in [2.05, 4.69) is 45.2 Å². The Morgan fingerprint density at radius 3 is 2.47 bits per heavy atom. The minimum Gasteiger partial charge on any atom is -0.494 e. The largest absolute Gasteiger partial charge is 0.494 e. The van der Waals surface area contributed by atoms with E-state index in [0.717, 1.165) is 7.14 Å². The average molecular weight is 490 g/mol. The van der Waals surface area contributed by atoms with Crippen molar-refractivity contribution in [2.24, 2.45) is 0 Å². The number of Topliss-reactive ketones (excluding diaryl/α,β-unsaturated/α-hetero) is 1. The fourth-order valence-electron chi connectivity index (χ4n) is 1.58. The lowest BCUT2D eigenvalue weighted by atomic mass is 10.1. The van der Waals surface area contributed by atoms with Crippen molar-refractivity contribution in [3.63, 3.8) is 0 Å². The Balaban J connectivity index is 3.29. The van der Waals surface area contributed by atoms with Crippen molar-refractivity contribution in [3.05, 3.63) is 18.8 Å². The first-order valence-corrected chi connectivity index (χ1v) is 7.93. The minimum absolute atomic E-state index is 0.0443. The van der Waals surface area contributed by atoms with E-state index in [-0.39, 0.29) is 5.78 Å². The van der Waals surface area contributed by atoms with Crippen molar-refractivity contribution in [1.82, 2.24) is 0 Å². The van der Waals surface area contributed by atoms with Crippen LogP contribution in [-0.4, -0.2) is 25.8 Å². The molecule has 0 aliphatic heterocycles. The van der Waals surface area contributed by atoms with Crippen LogP contribution in [0, 0.1) is 7.14 Å². The number of benzene rings is 1. The van der Waals surface area contributed by atoms with Gasteiger partial charge in [0.2, 0.25) is 0 Å². The van der Waals surface area contributed by atoms with E-state index >= 15 is 0 Å². The van der Waals surface area contributed by atoms with Crippen LogP contribution in [0.15, 0.2) is 6.07 Å². The molecular formula is C13H16I2O4. The zero-order chi connectivity index (χ0) is 14.6. The van der Waals surface area contributed by atoms with E-state index in [9.17, 15) is 4.79 Å². The summed E-state index contributed by atoms with van der Waals surface area (Å²) in [4.78, 5) is 11.7. The van der Waals surface area contributed by atoms with Gasteiger partial charge in [-0.3, -0.25) is 4.79 Å². The molecular weight excluding hydrogens is 474 g/mol. The van der Waals surface area contributed by atoms with E-state index in [1.54, 1.807) is 20.1 Å². The second-order valence-electron chi connectivity index (χ2n) is 3.78. The van der Waals surface area contributed by atoms with E-state index in [1.807, 2.05) is 6.92 Å². The van der Waals surface area contributed by atoms with Gasteiger partial charge in [0.25, 0.3) is 0 Å². The van der Waals surface area contributed by atoms with Crippen LogP contribution in [0.4, 0.5) is 0 Å². The Morgan fingerprint density at radius 2 is 2.00 bits per heavy atom. The lowest BCUT2D eigenvalue weighted by Crippen LogP contribution is -2.18. The van der Waals surface area contributed by atoms with Gasteiger partial charge in [-0.1, -0.05) is 0 Å². The van der Waals surface area contributed by atoms with Gasteiger partial charge in [-0.05, 0) is 72.0 Å².